The quantitative estimate of drug-likeness (QED) is 0.580. The summed E-state index contributed by atoms with van der Waals surface area (Å²) in [5.74, 6) is -1.70. The van der Waals surface area contributed by atoms with Gasteiger partial charge in [-0.15, -0.1) is 0 Å². The van der Waals surface area contributed by atoms with Gasteiger partial charge in [-0.25, -0.2) is 12.8 Å². The minimum Gasteiger partial charge on any atom is -0.491 e. The van der Waals surface area contributed by atoms with Gasteiger partial charge in [0, 0.05) is 42.9 Å². The third-order valence-electron chi connectivity index (χ3n) is 5.50. The molecule has 0 spiro atoms. The summed E-state index contributed by atoms with van der Waals surface area (Å²) in [5.41, 5.74) is 1.54. The molecule has 1 aliphatic rings. The van der Waals surface area contributed by atoms with Crippen LogP contribution in [0.25, 0.3) is 10.9 Å². The Morgan fingerprint density at radius 1 is 1.34 bits per heavy atom. The Hall–Kier alpha value is -2.98. The zero-order valence-electron chi connectivity index (χ0n) is 17.7. The molecule has 1 unspecified atom stereocenters. The van der Waals surface area contributed by atoms with Crippen molar-refractivity contribution in [3.63, 3.8) is 0 Å². The van der Waals surface area contributed by atoms with Gasteiger partial charge in [0.25, 0.3) is 0 Å². The van der Waals surface area contributed by atoms with Crippen LogP contribution in [0.3, 0.4) is 0 Å². The highest BCUT2D eigenvalue weighted by atomic mass is 32.2. The first-order valence-electron chi connectivity index (χ1n) is 10.3. The first kappa shape index (κ1) is 22.2. The molecule has 0 bridgehead atoms. The molecule has 3 heterocycles. The van der Waals surface area contributed by atoms with Crippen molar-refractivity contribution in [2.24, 2.45) is 0 Å². The summed E-state index contributed by atoms with van der Waals surface area (Å²) in [7, 11) is -4.03. The van der Waals surface area contributed by atoms with Crippen LogP contribution in [0.5, 0.6) is 5.75 Å². The molecule has 1 aliphatic heterocycles. The number of carboxylic acids is 1. The third kappa shape index (κ3) is 4.20. The van der Waals surface area contributed by atoms with Crippen LogP contribution in [0, 0.1) is 5.82 Å². The molecule has 8 nitrogen and oxygen atoms in total. The van der Waals surface area contributed by atoms with E-state index < -0.39 is 21.8 Å². The van der Waals surface area contributed by atoms with E-state index in [0.29, 0.717) is 11.9 Å². The Morgan fingerprint density at radius 2 is 2.12 bits per heavy atom. The molecule has 2 aromatic heterocycles. The first-order valence-corrected chi connectivity index (χ1v) is 11.7. The van der Waals surface area contributed by atoms with Crippen LogP contribution in [0.15, 0.2) is 47.8 Å². The number of pyridine rings is 1. The van der Waals surface area contributed by atoms with Crippen molar-refractivity contribution >= 4 is 26.9 Å². The van der Waals surface area contributed by atoms with E-state index in [-0.39, 0.29) is 42.3 Å². The van der Waals surface area contributed by atoms with Gasteiger partial charge in [-0.2, -0.15) is 4.31 Å². The molecule has 1 saturated heterocycles. The van der Waals surface area contributed by atoms with Gasteiger partial charge in [0.1, 0.15) is 23.0 Å². The number of carbonyl (C=O) groups is 1. The van der Waals surface area contributed by atoms with Crippen LogP contribution in [-0.2, 0) is 21.4 Å². The fourth-order valence-electron chi connectivity index (χ4n) is 4.14. The molecule has 10 heteroatoms. The fourth-order valence-corrected chi connectivity index (χ4v) is 5.69. The van der Waals surface area contributed by atoms with Crippen LogP contribution in [0.4, 0.5) is 4.39 Å². The number of rotatable bonds is 7. The molecule has 0 radical (unpaired) electrons. The second-order valence-electron chi connectivity index (χ2n) is 8.11. The highest BCUT2D eigenvalue weighted by molar-refractivity contribution is 7.89. The number of fused-ring (bicyclic) bond motifs is 1. The van der Waals surface area contributed by atoms with E-state index in [0.717, 1.165) is 17.0 Å². The smallest absolute Gasteiger partial charge is 0.323 e. The number of hydrogen-bond donors (Lipinski definition) is 1. The number of aromatic nitrogens is 2. The van der Waals surface area contributed by atoms with Crippen molar-refractivity contribution in [1.29, 1.82) is 0 Å². The predicted molar refractivity (Wildman–Crippen MR) is 116 cm³/mol. The van der Waals surface area contributed by atoms with Gasteiger partial charge in [-0.05, 0) is 44.0 Å². The maximum atomic E-state index is 14.7. The van der Waals surface area contributed by atoms with E-state index in [4.69, 9.17) is 4.74 Å². The zero-order valence-corrected chi connectivity index (χ0v) is 18.5. The van der Waals surface area contributed by atoms with Gasteiger partial charge in [0.05, 0.1) is 17.8 Å². The van der Waals surface area contributed by atoms with Crippen molar-refractivity contribution in [2.45, 2.75) is 43.7 Å². The molecule has 4 rings (SSSR count). The predicted octanol–water partition coefficient (Wildman–Crippen LogP) is 3.23. The van der Waals surface area contributed by atoms with Crippen molar-refractivity contribution in [2.75, 3.05) is 13.1 Å². The second kappa shape index (κ2) is 8.51. The summed E-state index contributed by atoms with van der Waals surface area (Å²) in [6, 6.07) is 5.58. The Balaban J connectivity index is 1.61. The lowest BCUT2D eigenvalue weighted by Gasteiger charge is -2.18. The van der Waals surface area contributed by atoms with Crippen molar-refractivity contribution < 1.29 is 27.4 Å². The van der Waals surface area contributed by atoms with E-state index in [9.17, 15) is 22.7 Å². The summed E-state index contributed by atoms with van der Waals surface area (Å²) >= 11 is 0. The summed E-state index contributed by atoms with van der Waals surface area (Å²) in [6.07, 6.45) is 5.36. The Bertz CT molecular complexity index is 1270. The lowest BCUT2D eigenvalue weighted by atomic mass is 9.98. The van der Waals surface area contributed by atoms with Gasteiger partial charge in [-0.1, -0.05) is 0 Å². The summed E-state index contributed by atoms with van der Waals surface area (Å²) in [5, 5.41) is 10.0. The standard InChI is InChI=1S/C22H24FN3O5S/c1-14(2)31-16-3-4-21(19(23)9-16)32(29,30)26-8-6-15(11-26)18-12-25(13-22(27)28)20-10-24-7-5-17(18)20/h3-5,7,9-10,12,14-15H,6,8,11,13H2,1-2H3,(H,27,28). The highest BCUT2D eigenvalue weighted by Crippen LogP contribution is 2.36. The van der Waals surface area contributed by atoms with Crippen LogP contribution >= 0.6 is 0 Å². The van der Waals surface area contributed by atoms with Gasteiger partial charge in [-0.3, -0.25) is 9.78 Å². The summed E-state index contributed by atoms with van der Waals surface area (Å²) in [4.78, 5) is 14.9. The highest BCUT2D eigenvalue weighted by Gasteiger charge is 2.36. The maximum Gasteiger partial charge on any atom is 0.323 e. The lowest BCUT2D eigenvalue weighted by Crippen LogP contribution is -2.29. The molecule has 1 N–H and O–H groups in total. The molecule has 170 valence electrons. The average Bonchev–Trinajstić information content (AvgIpc) is 3.33. The van der Waals surface area contributed by atoms with Gasteiger partial charge >= 0.3 is 5.97 Å². The van der Waals surface area contributed by atoms with Crippen molar-refractivity contribution in [3.8, 4) is 5.75 Å². The van der Waals surface area contributed by atoms with E-state index in [2.05, 4.69) is 4.98 Å². The van der Waals surface area contributed by atoms with E-state index in [1.165, 1.54) is 16.4 Å². The molecule has 1 aromatic carbocycles. The monoisotopic (exact) mass is 461 g/mol. The average molecular weight is 462 g/mol. The SMILES string of the molecule is CC(C)Oc1ccc(S(=O)(=O)N2CCC(c3cn(CC(=O)O)c4cnccc34)C2)c(F)c1. The van der Waals surface area contributed by atoms with Crippen LogP contribution in [0.2, 0.25) is 0 Å². The van der Waals surface area contributed by atoms with Crippen molar-refractivity contribution in [3.05, 3.63) is 54.2 Å². The maximum absolute atomic E-state index is 14.7. The molecule has 32 heavy (non-hydrogen) atoms. The first-order chi connectivity index (χ1) is 15.2. The molecule has 0 aliphatic carbocycles. The molecule has 0 saturated carbocycles. The third-order valence-corrected chi connectivity index (χ3v) is 7.40. The van der Waals surface area contributed by atoms with E-state index in [1.807, 2.05) is 0 Å². The number of aliphatic carboxylic acids is 1. The number of halogens is 1. The molecule has 1 atom stereocenters. The number of nitrogens with zero attached hydrogens (tertiary/aromatic N) is 3. The molecule has 3 aromatic rings. The Morgan fingerprint density at radius 3 is 2.81 bits per heavy atom. The van der Waals surface area contributed by atoms with Gasteiger partial charge in [0.15, 0.2) is 0 Å². The second-order valence-corrected chi connectivity index (χ2v) is 10.0. The molecule has 1 fully saturated rings. The van der Waals surface area contributed by atoms with Crippen LogP contribution in [0.1, 0.15) is 31.7 Å². The minimum absolute atomic E-state index is 0.142. The van der Waals surface area contributed by atoms with Crippen molar-refractivity contribution in [1.82, 2.24) is 13.9 Å². The van der Waals surface area contributed by atoms with E-state index in [1.54, 1.807) is 43.1 Å². The molecular formula is C22H24FN3O5S. The number of sulfonamides is 1. The topological polar surface area (TPSA) is 102 Å². The number of benzene rings is 1. The van der Waals surface area contributed by atoms with E-state index >= 15 is 0 Å². The largest absolute Gasteiger partial charge is 0.491 e. The molecule has 0 amide bonds. The fraction of sp³-hybridized carbons (Fsp3) is 0.364. The number of hydrogen-bond acceptors (Lipinski definition) is 5. The minimum atomic E-state index is -4.03. The van der Waals surface area contributed by atoms with Crippen LogP contribution in [-0.4, -0.2) is 52.5 Å². The lowest BCUT2D eigenvalue weighted by molar-refractivity contribution is -0.137. The molecular weight excluding hydrogens is 437 g/mol. The van der Waals surface area contributed by atoms with Crippen LogP contribution < -0.4 is 4.74 Å². The summed E-state index contributed by atoms with van der Waals surface area (Å²) in [6.45, 7) is 3.81. The van der Waals surface area contributed by atoms with Gasteiger partial charge < -0.3 is 14.4 Å². The Labute approximate surface area is 185 Å². The number of carboxylic acid groups (broad SMARTS) is 1. The summed E-state index contributed by atoms with van der Waals surface area (Å²) < 4.78 is 49.2. The normalized spacial score (nSPS) is 17.3. The Kier molecular flexibility index (Phi) is 5.91. The zero-order chi connectivity index (χ0) is 23.0. The number of ether oxygens (including phenoxy) is 1. The van der Waals surface area contributed by atoms with Gasteiger partial charge in [0.2, 0.25) is 10.0 Å².